The summed E-state index contributed by atoms with van der Waals surface area (Å²) in [5.74, 6) is 0.121. The van der Waals surface area contributed by atoms with Crippen molar-refractivity contribution in [2.45, 2.75) is 33.4 Å². The number of ether oxygens (including phenoxy) is 5. The minimum Gasteiger partial charge on any atom is -0.490 e. The van der Waals surface area contributed by atoms with E-state index in [1.54, 1.807) is 38.1 Å². The lowest BCUT2D eigenvalue weighted by Gasteiger charge is -2.25. The van der Waals surface area contributed by atoms with E-state index in [-0.39, 0.29) is 24.3 Å². The highest BCUT2D eigenvalue weighted by molar-refractivity contribution is 9.10. The first kappa shape index (κ1) is 34.9. The zero-order valence-corrected chi connectivity index (χ0v) is 29.7. The second-order valence-electron chi connectivity index (χ2n) is 10.4. The maximum Gasteiger partial charge on any atom is 0.343 e. The van der Waals surface area contributed by atoms with Gasteiger partial charge in [-0.15, -0.1) is 0 Å². The zero-order valence-electron chi connectivity index (χ0n) is 26.6. The van der Waals surface area contributed by atoms with Crippen molar-refractivity contribution in [1.82, 2.24) is 4.57 Å². The number of rotatable bonds is 12. The molecule has 0 aliphatic carbocycles. The van der Waals surface area contributed by atoms with Crippen LogP contribution < -0.4 is 29.1 Å². The normalized spacial score (nSPS) is 14.2. The number of carbonyl (C=O) groups excluding carboxylic acids is 2. The Morgan fingerprint density at radius 2 is 1.77 bits per heavy atom. The average molecular weight is 756 g/mol. The van der Waals surface area contributed by atoms with E-state index < -0.39 is 18.0 Å². The van der Waals surface area contributed by atoms with E-state index >= 15 is 0 Å². The number of methoxy groups -OCH3 is 1. The molecule has 0 bridgehead atoms. The van der Waals surface area contributed by atoms with Crippen molar-refractivity contribution < 1.29 is 33.3 Å². The lowest BCUT2D eigenvalue weighted by atomic mass is 9.95. The lowest BCUT2D eigenvalue weighted by Crippen LogP contribution is -2.40. The summed E-state index contributed by atoms with van der Waals surface area (Å²) in [6, 6.07) is 17.1. The molecule has 1 aromatic heterocycles. The first-order valence-electron chi connectivity index (χ1n) is 15.0. The third-order valence-corrected chi connectivity index (χ3v) is 9.24. The van der Waals surface area contributed by atoms with Crippen LogP contribution in [0.2, 0.25) is 5.02 Å². The summed E-state index contributed by atoms with van der Waals surface area (Å²) in [5.41, 5.74) is 2.50. The molecule has 0 saturated heterocycles. The van der Waals surface area contributed by atoms with E-state index in [4.69, 9.17) is 30.5 Å². The maximum absolute atomic E-state index is 14.1. The number of benzene rings is 3. The summed E-state index contributed by atoms with van der Waals surface area (Å²) < 4.78 is 30.1. The topological polar surface area (TPSA) is 115 Å². The SMILES string of the molecule is CCOC(=O)C1=C(C)N=c2s/c(=C\c3ccc(OCc4ccccc4Cl)c(Br)c3)c(=O)n2[C@H]1c1ccc(OCC(=O)OC)c(OCC)c1. The monoisotopic (exact) mass is 754 g/mol. The van der Waals surface area contributed by atoms with Crippen LogP contribution in [0.4, 0.5) is 0 Å². The summed E-state index contributed by atoms with van der Waals surface area (Å²) in [4.78, 5) is 44.2. The van der Waals surface area contributed by atoms with Crippen LogP contribution in [0.5, 0.6) is 17.2 Å². The van der Waals surface area contributed by atoms with Crippen molar-refractivity contribution in [3.63, 3.8) is 0 Å². The minimum absolute atomic E-state index is 0.143. The van der Waals surface area contributed by atoms with Crippen LogP contribution >= 0.6 is 38.9 Å². The zero-order chi connectivity index (χ0) is 34.4. The van der Waals surface area contributed by atoms with Crippen LogP contribution in [0, 0.1) is 0 Å². The molecule has 0 N–H and O–H groups in total. The highest BCUT2D eigenvalue weighted by Gasteiger charge is 2.34. The number of fused-ring (bicyclic) bond motifs is 1. The molecule has 1 atom stereocenters. The van der Waals surface area contributed by atoms with Gasteiger partial charge >= 0.3 is 11.9 Å². The molecule has 5 rings (SSSR count). The molecule has 1 aliphatic rings. The van der Waals surface area contributed by atoms with Gasteiger partial charge in [0.1, 0.15) is 12.4 Å². The number of hydrogen-bond donors (Lipinski definition) is 0. The van der Waals surface area contributed by atoms with Gasteiger partial charge in [0.2, 0.25) is 0 Å². The highest BCUT2D eigenvalue weighted by Crippen LogP contribution is 2.36. The number of hydrogen-bond acceptors (Lipinski definition) is 10. The summed E-state index contributed by atoms with van der Waals surface area (Å²) in [6.45, 7) is 5.66. The molecule has 0 radical (unpaired) electrons. The summed E-state index contributed by atoms with van der Waals surface area (Å²) in [5, 5.41) is 0.622. The highest BCUT2D eigenvalue weighted by atomic mass is 79.9. The molecule has 10 nitrogen and oxygen atoms in total. The standard InChI is InChI=1S/C35H32BrClN2O8S/c1-5-44-28-17-22(12-14-27(28)47-19-30(40)43-4)32-31(34(42)45-6-2)20(3)38-35-39(32)33(41)29(48-35)16-21-11-13-26(24(36)15-21)46-18-23-9-7-8-10-25(23)37/h7-17,32H,5-6,18-19H2,1-4H3/b29-16-/t32-/m0/s1. The Kier molecular flexibility index (Phi) is 11.4. The predicted octanol–water partition coefficient (Wildman–Crippen LogP) is 5.74. The van der Waals surface area contributed by atoms with E-state index in [2.05, 4.69) is 25.7 Å². The van der Waals surface area contributed by atoms with Gasteiger partial charge in [-0.05, 0) is 84.2 Å². The Labute approximate surface area is 294 Å². The summed E-state index contributed by atoms with van der Waals surface area (Å²) in [6.07, 6.45) is 1.77. The molecule has 0 saturated carbocycles. The third kappa shape index (κ3) is 7.67. The molecule has 0 amide bonds. The smallest absolute Gasteiger partial charge is 0.343 e. The van der Waals surface area contributed by atoms with Crippen molar-refractivity contribution >= 4 is 56.9 Å². The Balaban J connectivity index is 1.55. The molecule has 0 unspecified atom stereocenters. The van der Waals surface area contributed by atoms with Gasteiger partial charge in [0, 0.05) is 10.6 Å². The van der Waals surface area contributed by atoms with Crippen molar-refractivity contribution in [3.05, 3.63) is 118 Å². The van der Waals surface area contributed by atoms with Crippen molar-refractivity contribution in [2.24, 2.45) is 4.99 Å². The molecule has 0 fully saturated rings. The fraction of sp³-hybridized carbons (Fsp3) is 0.257. The molecule has 13 heteroatoms. The molecule has 3 aromatic carbocycles. The van der Waals surface area contributed by atoms with Gasteiger partial charge in [0.05, 0.1) is 46.6 Å². The number of carbonyl (C=O) groups is 2. The molecule has 2 heterocycles. The molecule has 48 heavy (non-hydrogen) atoms. The first-order valence-corrected chi connectivity index (χ1v) is 17.0. The summed E-state index contributed by atoms with van der Waals surface area (Å²) in [7, 11) is 1.27. The summed E-state index contributed by atoms with van der Waals surface area (Å²) >= 11 is 11.1. The third-order valence-electron chi connectivity index (χ3n) is 7.27. The Bertz CT molecular complexity index is 2070. The van der Waals surface area contributed by atoms with Crippen LogP contribution in [0.15, 0.2) is 86.2 Å². The number of allylic oxidation sites excluding steroid dienone is 1. The van der Waals surface area contributed by atoms with Crippen molar-refractivity contribution in [1.29, 1.82) is 0 Å². The van der Waals surface area contributed by atoms with Crippen LogP contribution in [0.1, 0.15) is 43.5 Å². The predicted molar refractivity (Wildman–Crippen MR) is 185 cm³/mol. The Hall–Kier alpha value is -4.39. The van der Waals surface area contributed by atoms with Crippen molar-refractivity contribution in [2.75, 3.05) is 26.9 Å². The van der Waals surface area contributed by atoms with Gasteiger partial charge in [0.25, 0.3) is 5.56 Å². The first-order chi connectivity index (χ1) is 23.1. The van der Waals surface area contributed by atoms with Gasteiger partial charge in [-0.3, -0.25) is 9.36 Å². The van der Waals surface area contributed by atoms with Gasteiger partial charge < -0.3 is 23.7 Å². The molecular formula is C35H32BrClN2O8S. The van der Waals surface area contributed by atoms with E-state index in [0.29, 0.717) is 60.6 Å². The van der Waals surface area contributed by atoms with Gasteiger partial charge in [-0.2, -0.15) is 0 Å². The number of thiazole rings is 1. The van der Waals surface area contributed by atoms with Gasteiger partial charge in [-0.25, -0.2) is 14.6 Å². The van der Waals surface area contributed by atoms with E-state index in [9.17, 15) is 14.4 Å². The maximum atomic E-state index is 14.1. The molecule has 4 aromatic rings. The number of halogens is 2. The van der Waals surface area contributed by atoms with E-state index in [1.807, 2.05) is 49.4 Å². The van der Waals surface area contributed by atoms with Crippen LogP contribution in [-0.4, -0.2) is 43.4 Å². The number of nitrogens with zero attached hydrogens (tertiary/aromatic N) is 2. The van der Waals surface area contributed by atoms with E-state index in [0.717, 1.165) is 11.1 Å². The van der Waals surface area contributed by atoms with Gasteiger partial charge in [0.15, 0.2) is 22.9 Å². The Morgan fingerprint density at radius 3 is 2.48 bits per heavy atom. The van der Waals surface area contributed by atoms with Crippen molar-refractivity contribution in [3.8, 4) is 17.2 Å². The van der Waals surface area contributed by atoms with Gasteiger partial charge in [-0.1, -0.05) is 53.3 Å². The Morgan fingerprint density at radius 1 is 1.00 bits per heavy atom. The number of aromatic nitrogens is 1. The lowest BCUT2D eigenvalue weighted by molar-refractivity contribution is -0.143. The number of esters is 2. The fourth-order valence-electron chi connectivity index (χ4n) is 5.03. The van der Waals surface area contributed by atoms with Crippen LogP contribution in [0.3, 0.4) is 0 Å². The molecule has 250 valence electrons. The minimum atomic E-state index is -0.872. The average Bonchev–Trinajstić information content (AvgIpc) is 3.37. The second-order valence-corrected chi connectivity index (χ2v) is 12.6. The fourth-order valence-corrected chi connectivity index (χ4v) is 6.78. The molecule has 1 aliphatic heterocycles. The second kappa shape index (κ2) is 15.7. The molecular weight excluding hydrogens is 724 g/mol. The van der Waals surface area contributed by atoms with Crippen LogP contribution in [0.25, 0.3) is 6.08 Å². The van der Waals surface area contributed by atoms with E-state index in [1.165, 1.54) is 23.0 Å². The largest absolute Gasteiger partial charge is 0.490 e. The quantitative estimate of drug-likeness (QED) is 0.168. The van der Waals surface area contributed by atoms with Crippen LogP contribution in [-0.2, 0) is 25.7 Å². The molecule has 0 spiro atoms.